The Morgan fingerprint density at radius 1 is 1.07 bits per heavy atom. The lowest BCUT2D eigenvalue weighted by atomic mass is 9.91. The molecule has 0 bridgehead atoms. The molecule has 27 heavy (non-hydrogen) atoms. The highest BCUT2D eigenvalue weighted by Crippen LogP contribution is 2.32. The van der Waals surface area contributed by atoms with Gasteiger partial charge in [0.05, 0.1) is 18.6 Å². The Hall–Kier alpha value is -3.09. The van der Waals surface area contributed by atoms with E-state index in [1.807, 2.05) is 24.3 Å². The lowest BCUT2D eigenvalue weighted by molar-refractivity contribution is -0.142. The van der Waals surface area contributed by atoms with Gasteiger partial charge in [-0.2, -0.15) is 13.2 Å². The number of ketones is 1. The van der Waals surface area contributed by atoms with E-state index >= 15 is 0 Å². The van der Waals surface area contributed by atoms with Crippen molar-refractivity contribution in [1.82, 2.24) is 4.98 Å². The van der Waals surface area contributed by atoms with Gasteiger partial charge in [-0.15, -0.1) is 0 Å². The number of aromatic amines is 1. The van der Waals surface area contributed by atoms with Crippen LogP contribution in [0.5, 0.6) is 0 Å². The predicted octanol–water partition coefficient (Wildman–Crippen LogP) is 4.72. The number of hydrogen-bond acceptors (Lipinski definition) is 3. The fraction of sp³-hybridized carbons (Fsp3) is 0.200. The maximum Gasteiger partial charge on any atom is 0.416 e. The largest absolute Gasteiger partial charge is 0.469 e. The number of hydrogen-bond donors (Lipinski definition) is 1. The first-order chi connectivity index (χ1) is 12.8. The molecule has 3 rings (SSSR count). The minimum absolute atomic E-state index is 0.108. The average molecular weight is 375 g/mol. The Labute approximate surface area is 153 Å². The van der Waals surface area contributed by atoms with Gasteiger partial charge in [0.1, 0.15) is 0 Å². The van der Waals surface area contributed by atoms with Crippen LogP contribution in [0, 0.1) is 0 Å². The standard InChI is InChI=1S/C20H16F3NO3/c1-27-19(26)15(16-11-24-17-5-3-2-4-14(16)17)10-18(25)12-6-8-13(9-7-12)20(21,22)23/h2-9,11,15,24H,10H2,1H3. The summed E-state index contributed by atoms with van der Waals surface area (Å²) in [5.74, 6) is -1.88. The van der Waals surface area contributed by atoms with E-state index in [1.54, 1.807) is 6.20 Å². The lowest BCUT2D eigenvalue weighted by Gasteiger charge is -2.14. The van der Waals surface area contributed by atoms with E-state index in [0.717, 1.165) is 35.2 Å². The van der Waals surface area contributed by atoms with E-state index in [0.29, 0.717) is 5.56 Å². The molecule has 0 saturated heterocycles. The molecule has 0 radical (unpaired) electrons. The molecular formula is C20H16F3NO3. The molecule has 1 heterocycles. The number of methoxy groups -OCH3 is 1. The number of alkyl halides is 3. The van der Waals surface area contributed by atoms with Crippen LogP contribution in [0.1, 0.15) is 33.8 Å². The number of H-pyrrole nitrogens is 1. The minimum atomic E-state index is -4.47. The highest BCUT2D eigenvalue weighted by molar-refractivity contribution is 6.00. The van der Waals surface area contributed by atoms with Crippen molar-refractivity contribution < 1.29 is 27.5 Å². The summed E-state index contributed by atoms with van der Waals surface area (Å²) in [7, 11) is 1.23. The second-order valence-corrected chi connectivity index (χ2v) is 6.07. The first kappa shape index (κ1) is 18.7. The van der Waals surface area contributed by atoms with E-state index < -0.39 is 29.4 Å². The van der Waals surface area contributed by atoms with Gasteiger partial charge in [-0.25, -0.2) is 0 Å². The topological polar surface area (TPSA) is 59.2 Å². The van der Waals surface area contributed by atoms with Crippen LogP contribution in [0.15, 0.2) is 54.7 Å². The van der Waals surface area contributed by atoms with Gasteiger partial charge < -0.3 is 9.72 Å². The fourth-order valence-corrected chi connectivity index (χ4v) is 2.99. The summed E-state index contributed by atoms with van der Waals surface area (Å²) in [6.45, 7) is 0. The predicted molar refractivity (Wildman–Crippen MR) is 93.4 cm³/mol. The van der Waals surface area contributed by atoms with E-state index in [2.05, 4.69) is 4.98 Å². The number of halogens is 3. The summed E-state index contributed by atoms with van der Waals surface area (Å²) < 4.78 is 42.8. The quantitative estimate of drug-likeness (QED) is 0.519. The number of nitrogens with one attached hydrogen (secondary N) is 1. The van der Waals surface area contributed by atoms with Crippen LogP contribution in [0.2, 0.25) is 0 Å². The van der Waals surface area contributed by atoms with Gasteiger partial charge in [-0.1, -0.05) is 30.3 Å². The summed E-state index contributed by atoms with van der Waals surface area (Å²) in [5, 5.41) is 0.785. The summed E-state index contributed by atoms with van der Waals surface area (Å²) >= 11 is 0. The Kier molecular flexibility index (Phi) is 5.03. The van der Waals surface area contributed by atoms with Gasteiger partial charge >= 0.3 is 12.1 Å². The molecule has 0 aliphatic heterocycles. The zero-order valence-electron chi connectivity index (χ0n) is 14.3. The smallest absolute Gasteiger partial charge is 0.416 e. The van der Waals surface area contributed by atoms with E-state index in [1.165, 1.54) is 7.11 Å². The van der Waals surface area contributed by atoms with Gasteiger partial charge in [0.15, 0.2) is 5.78 Å². The number of carbonyl (C=O) groups is 2. The molecule has 0 spiro atoms. The molecule has 1 aromatic heterocycles. The Morgan fingerprint density at radius 2 is 1.74 bits per heavy atom. The zero-order chi connectivity index (χ0) is 19.6. The third-order valence-electron chi connectivity index (χ3n) is 4.41. The molecule has 1 atom stereocenters. The molecular weight excluding hydrogens is 359 g/mol. The lowest BCUT2D eigenvalue weighted by Crippen LogP contribution is -2.18. The second kappa shape index (κ2) is 7.26. The van der Waals surface area contributed by atoms with Crippen molar-refractivity contribution in [1.29, 1.82) is 0 Å². The van der Waals surface area contributed by atoms with E-state index in [9.17, 15) is 22.8 Å². The van der Waals surface area contributed by atoms with Gasteiger partial charge in [0.25, 0.3) is 0 Å². The van der Waals surface area contributed by atoms with Crippen LogP contribution in [0.25, 0.3) is 10.9 Å². The molecule has 0 saturated carbocycles. The number of Topliss-reactive ketones (excluding diaryl/α,β-unsaturated/α-hetero) is 1. The zero-order valence-corrected chi connectivity index (χ0v) is 14.3. The van der Waals surface area contributed by atoms with Crippen LogP contribution < -0.4 is 0 Å². The molecule has 0 fully saturated rings. The van der Waals surface area contributed by atoms with Crippen LogP contribution in [-0.4, -0.2) is 23.8 Å². The highest BCUT2D eigenvalue weighted by Gasteiger charge is 2.31. The SMILES string of the molecule is COC(=O)C(CC(=O)c1ccc(C(F)(F)F)cc1)c1c[nH]c2ccccc12. The average Bonchev–Trinajstić information content (AvgIpc) is 3.08. The number of aromatic nitrogens is 1. The van der Waals surface area contributed by atoms with Gasteiger partial charge in [0, 0.05) is 29.1 Å². The monoisotopic (exact) mass is 375 g/mol. The Morgan fingerprint density at radius 3 is 2.37 bits per heavy atom. The molecule has 2 aromatic carbocycles. The minimum Gasteiger partial charge on any atom is -0.469 e. The number of benzene rings is 2. The number of fused-ring (bicyclic) bond motifs is 1. The van der Waals surface area contributed by atoms with Crippen molar-refractivity contribution in [3.8, 4) is 0 Å². The van der Waals surface area contributed by atoms with Crippen molar-refractivity contribution in [2.24, 2.45) is 0 Å². The first-order valence-electron chi connectivity index (χ1n) is 8.15. The third kappa shape index (κ3) is 3.86. The van der Waals surface area contributed by atoms with E-state index in [4.69, 9.17) is 4.74 Å². The second-order valence-electron chi connectivity index (χ2n) is 6.07. The summed E-state index contributed by atoms with van der Waals surface area (Å²) in [5.41, 5.74) is 0.693. The molecule has 0 amide bonds. The van der Waals surface area contributed by atoms with Crippen molar-refractivity contribution in [2.45, 2.75) is 18.5 Å². The van der Waals surface area contributed by atoms with E-state index in [-0.39, 0.29) is 12.0 Å². The Bertz CT molecular complexity index is 974. The third-order valence-corrected chi connectivity index (χ3v) is 4.41. The number of rotatable bonds is 5. The van der Waals surface area contributed by atoms with Crippen LogP contribution in [0.4, 0.5) is 13.2 Å². The molecule has 0 aliphatic carbocycles. The number of para-hydroxylation sites is 1. The summed E-state index contributed by atoms with van der Waals surface area (Å²) in [4.78, 5) is 27.9. The van der Waals surface area contributed by atoms with Crippen LogP contribution in [-0.2, 0) is 15.7 Å². The Balaban J connectivity index is 1.89. The normalized spacial score (nSPS) is 12.7. The number of esters is 1. The molecule has 140 valence electrons. The van der Waals surface area contributed by atoms with Gasteiger partial charge in [-0.05, 0) is 23.8 Å². The number of ether oxygens (including phenoxy) is 1. The fourth-order valence-electron chi connectivity index (χ4n) is 2.99. The molecule has 0 aliphatic rings. The van der Waals surface area contributed by atoms with Gasteiger partial charge in [-0.3, -0.25) is 9.59 Å². The van der Waals surface area contributed by atoms with Crippen molar-refractivity contribution in [3.05, 3.63) is 71.4 Å². The molecule has 3 aromatic rings. The van der Waals surface area contributed by atoms with Gasteiger partial charge in [0.2, 0.25) is 0 Å². The maximum atomic E-state index is 12.7. The highest BCUT2D eigenvalue weighted by atomic mass is 19.4. The van der Waals surface area contributed by atoms with Crippen molar-refractivity contribution >= 4 is 22.7 Å². The van der Waals surface area contributed by atoms with Crippen molar-refractivity contribution in [2.75, 3.05) is 7.11 Å². The maximum absolute atomic E-state index is 12.7. The molecule has 4 nitrogen and oxygen atoms in total. The molecule has 1 unspecified atom stereocenters. The molecule has 7 heteroatoms. The van der Waals surface area contributed by atoms with Crippen LogP contribution in [0.3, 0.4) is 0 Å². The van der Waals surface area contributed by atoms with Crippen molar-refractivity contribution in [3.63, 3.8) is 0 Å². The first-order valence-corrected chi connectivity index (χ1v) is 8.15. The summed E-state index contributed by atoms with van der Waals surface area (Å²) in [6.07, 6.45) is -3.04. The number of carbonyl (C=O) groups excluding carboxylic acids is 2. The van der Waals surface area contributed by atoms with Crippen LogP contribution >= 0.6 is 0 Å². The summed E-state index contributed by atoms with van der Waals surface area (Å²) in [6, 6.07) is 11.3. The molecule has 1 N–H and O–H groups in total.